The first-order valence-corrected chi connectivity index (χ1v) is 7.76. The second-order valence-corrected chi connectivity index (χ2v) is 5.55. The molecule has 0 aromatic heterocycles. The number of hydrogen-bond acceptors (Lipinski definition) is 3. The number of carbonyl (C=O) groups is 1. The number of ether oxygens (including phenoxy) is 1. The maximum Gasteiger partial charge on any atom is 0.277 e. The Hall–Kier alpha value is -2.14. The molecule has 0 aliphatic carbocycles. The molecule has 0 bridgehead atoms. The van der Waals surface area contributed by atoms with Crippen molar-refractivity contribution in [1.82, 2.24) is 5.43 Å². The third kappa shape index (κ3) is 5.33. The predicted octanol–water partition coefficient (Wildman–Crippen LogP) is 3.54. The number of nitrogens with zero attached hydrogens (tertiary/aromatic N) is 1. The van der Waals surface area contributed by atoms with Crippen molar-refractivity contribution >= 4 is 28.1 Å². The van der Waals surface area contributed by atoms with Crippen LogP contribution in [0.5, 0.6) is 5.75 Å². The molecule has 2 aromatic carbocycles. The summed E-state index contributed by atoms with van der Waals surface area (Å²) in [6.45, 7) is 2.03. The maximum atomic E-state index is 11.6. The van der Waals surface area contributed by atoms with Gasteiger partial charge in [-0.3, -0.25) is 4.79 Å². The van der Waals surface area contributed by atoms with E-state index in [2.05, 4.69) is 33.4 Å². The molecule has 0 saturated carbocycles. The molecule has 0 aliphatic rings. The number of benzene rings is 2. The number of amides is 1. The summed E-state index contributed by atoms with van der Waals surface area (Å²) in [6.07, 6.45) is 2.61. The summed E-state index contributed by atoms with van der Waals surface area (Å²) in [4.78, 5) is 11.6. The minimum atomic E-state index is -0.302. The van der Waals surface area contributed by atoms with Gasteiger partial charge in [-0.25, -0.2) is 5.43 Å². The number of nitrogens with one attached hydrogen (secondary N) is 1. The lowest BCUT2D eigenvalue weighted by molar-refractivity contribution is -0.123. The second-order valence-electron chi connectivity index (χ2n) is 4.63. The molecule has 4 nitrogen and oxygen atoms in total. The van der Waals surface area contributed by atoms with E-state index in [-0.39, 0.29) is 12.5 Å². The largest absolute Gasteiger partial charge is 0.484 e. The van der Waals surface area contributed by atoms with Gasteiger partial charge in [0.05, 0.1) is 6.21 Å². The summed E-state index contributed by atoms with van der Waals surface area (Å²) in [5.41, 5.74) is 4.64. The molecule has 0 heterocycles. The van der Waals surface area contributed by atoms with Crippen LogP contribution in [0.15, 0.2) is 58.1 Å². The first-order chi connectivity index (χ1) is 10.7. The van der Waals surface area contributed by atoms with Gasteiger partial charge in [0.25, 0.3) is 5.91 Å². The lowest BCUT2D eigenvalue weighted by Crippen LogP contribution is -2.24. The van der Waals surface area contributed by atoms with Crippen molar-refractivity contribution in [3.8, 4) is 5.75 Å². The maximum absolute atomic E-state index is 11.6. The van der Waals surface area contributed by atoms with Crippen LogP contribution in [0.4, 0.5) is 0 Å². The van der Waals surface area contributed by atoms with E-state index in [1.807, 2.05) is 36.4 Å². The lowest BCUT2D eigenvalue weighted by atomic mass is 10.1. The molecule has 22 heavy (non-hydrogen) atoms. The van der Waals surface area contributed by atoms with Crippen LogP contribution in [0, 0.1) is 0 Å². The van der Waals surface area contributed by atoms with Crippen LogP contribution in [-0.4, -0.2) is 18.7 Å². The molecule has 0 unspecified atom stereocenters. The van der Waals surface area contributed by atoms with E-state index in [0.29, 0.717) is 5.75 Å². The summed E-state index contributed by atoms with van der Waals surface area (Å²) in [5.74, 6) is 0.335. The van der Waals surface area contributed by atoms with Crippen LogP contribution in [0.25, 0.3) is 0 Å². The zero-order valence-corrected chi connectivity index (χ0v) is 13.8. The van der Waals surface area contributed by atoms with Crippen molar-refractivity contribution in [1.29, 1.82) is 0 Å². The fourth-order valence-corrected chi connectivity index (χ4v) is 1.99. The molecule has 0 fully saturated rings. The molecule has 0 spiro atoms. The number of carbonyl (C=O) groups excluding carboxylic acids is 1. The Bertz CT molecular complexity index is 637. The van der Waals surface area contributed by atoms with Crippen molar-refractivity contribution in [3.63, 3.8) is 0 Å². The molecule has 0 aliphatic heterocycles. The van der Waals surface area contributed by atoms with E-state index in [1.165, 1.54) is 5.56 Å². The molecule has 5 heteroatoms. The highest BCUT2D eigenvalue weighted by atomic mass is 79.9. The molecule has 2 rings (SSSR count). The normalized spacial score (nSPS) is 10.6. The van der Waals surface area contributed by atoms with Crippen molar-refractivity contribution in [2.75, 3.05) is 6.61 Å². The van der Waals surface area contributed by atoms with Crippen molar-refractivity contribution in [2.24, 2.45) is 5.10 Å². The van der Waals surface area contributed by atoms with Crippen LogP contribution in [0.1, 0.15) is 18.1 Å². The smallest absolute Gasteiger partial charge is 0.277 e. The van der Waals surface area contributed by atoms with Gasteiger partial charge in [-0.1, -0.05) is 47.1 Å². The van der Waals surface area contributed by atoms with Crippen LogP contribution in [-0.2, 0) is 11.2 Å². The molecule has 0 saturated heterocycles. The average Bonchev–Trinajstić information content (AvgIpc) is 2.55. The number of aryl methyl sites for hydroxylation is 1. The van der Waals surface area contributed by atoms with E-state index in [0.717, 1.165) is 16.5 Å². The Labute approximate surface area is 138 Å². The molecule has 1 amide bonds. The molecule has 114 valence electrons. The van der Waals surface area contributed by atoms with E-state index in [9.17, 15) is 4.79 Å². The molecule has 0 atom stereocenters. The summed E-state index contributed by atoms with van der Waals surface area (Å²) < 4.78 is 6.31. The highest BCUT2D eigenvalue weighted by molar-refractivity contribution is 9.10. The monoisotopic (exact) mass is 360 g/mol. The Balaban J connectivity index is 1.76. The Morgan fingerprint density at radius 1 is 1.18 bits per heavy atom. The molecule has 2 aromatic rings. The predicted molar refractivity (Wildman–Crippen MR) is 91.2 cm³/mol. The molecule has 1 N–H and O–H groups in total. The highest BCUT2D eigenvalue weighted by Gasteiger charge is 2.01. The Morgan fingerprint density at radius 3 is 2.50 bits per heavy atom. The van der Waals surface area contributed by atoms with Gasteiger partial charge in [-0.15, -0.1) is 0 Å². The zero-order chi connectivity index (χ0) is 15.8. The summed E-state index contributed by atoms with van der Waals surface area (Å²) >= 11 is 3.34. The van der Waals surface area contributed by atoms with Crippen molar-refractivity contribution in [3.05, 3.63) is 64.1 Å². The zero-order valence-electron chi connectivity index (χ0n) is 12.3. The highest BCUT2D eigenvalue weighted by Crippen LogP contribution is 2.15. The molecule has 0 radical (unpaired) electrons. The fourth-order valence-electron chi connectivity index (χ4n) is 1.73. The summed E-state index contributed by atoms with van der Waals surface area (Å²) in [7, 11) is 0. The number of hydrogen-bond donors (Lipinski definition) is 1. The minimum Gasteiger partial charge on any atom is -0.484 e. The fraction of sp³-hybridized carbons (Fsp3) is 0.176. The first-order valence-electron chi connectivity index (χ1n) is 6.96. The molecular weight excluding hydrogens is 344 g/mol. The standard InChI is InChI=1S/C17H17BrN2O2/c1-2-13-3-5-14(6-4-13)11-19-20-17(21)12-22-16-9-7-15(18)8-10-16/h3-11H,2,12H2,1H3,(H,20,21)/b19-11+. The van der Waals surface area contributed by atoms with Gasteiger partial charge >= 0.3 is 0 Å². The average molecular weight is 361 g/mol. The summed E-state index contributed by atoms with van der Waals surface area (Å²) in [6, 6.07) is 15.3. The first kappa shape index (κ1) is 16.2. The van der Waals surface area contributed by atoms with Crippen molar-refractivity contribution in [2.45, 2.75) is 13.3 Å². The van der Waals surface area contributed by atoms with Crippen LogP contribution >= 0.6 is 15.9 Å². The van der Waals surface area contributed by atoms with E-state index >= 15 is 0 Å². The van der Waals surface area contributed by atoms with Crippen molar-refractivity contribution < 1.29 is 9.53 Å². The van der Waals surface area contributed by atoms with E-state index in [1.54, 1.807) is 18.3 Å². The van der Waals surface area contributed by atoms with Crippen LogP contribution in [0.2, 0.25) is 0 Å². The van der Waals surface area contributed by atoms with E-state index < -0.39 is 0 Å². The number of halogens is 1. The van der Waals surface area contributed by atoms with Gasteiger partial charge < -0.3 is 4.74 Å². The third-order valence-corrected chi connectivity index (χ3v) is 3.50. The van der Waals surface area contributed by atoms with E-state index in [4.69, 9.17) is 4.74 Å². The quantitative estimate of drug-likeness (QED) is 0.632. The molecular formula is C17H17BrN2O2. The summed E-state index contributed by atoms with van der Waals surface area (Å²) in [5, 5.41) is 3.91. The topological polar surface area (TPSA) is 50.7 Å². The van der Waals surface area contributed by atoms with Gasteiger partial charge in [0.1, 0.15) is 5.75 Å². The third-order valence-electron chi connectivity index (χ3n) is 2.97. The van der Waals surface area contributed by atoms with Gasteiger partial charge in [0, 0.05) is 4.47 Å². The van der Waals surface area contributed by atoms with Crippen LogP contribution < -0.4 is 10.2 Å². The van der Waals surface area contributed by atoms with Crippen LogP contribution in [0.3, 0.4) is 0 Å². The van der Waals surface area contributed by atoms with Gasteiger partial charge in [-0.05, 0) is 41.8 Å². The van der Waals surface area contributed by atoms with Gasteiger partial charge in [-0.2, -0.15) is 5.10 Å². The Morgan fingerprint density at radius 2 is 1.86 bits per heavy atom. The lowest BCUT2D eigenvalue weighted by Gasteiger charge is -2.04. The number of hydrazone groups is 1. The SMILES string of the molecule is CCc1ccc(/C=N/NC(=O)COc2ccc(Br)cc2)cc1. The Kier molecular flexibility index (Phi) is 6.15. The van der Waals surface area contributed by atoms with Gasteiger partial charge in [0.2, 0.25) is 0 Å². The number of rotatable bonds is 6. The second kappa shape index (κ2) is 8.34. The van der Waals surface area contributed by atoms with Gasteiger partial charge in [0.15, 0.2) is 6.61 Å². The minimum absolute atomic E-state index is 0.0756.